The van der Waals surface area contributed by atoms with E-state index in [0.29, 0.717) is 18.6 Å². The number of thioether (sulfide) groups is 1. The monoisotopic (exact) mass is 319 g/mol. The molecule has 0 radical (unpaired) electrons. The lowest BCUT2D eigenvalue weighted by atomic mass is 10.0. The average molecular weight is 319 g/mol. The number of hydrogen-bond donors (Lipinski definition) is 4. The Bertz CT molecular complexity index is 363. The Kier molecular flexibility index (Phi) is 9.81. The molecule has 122 valence electrons. The van der Waals surface area contributed by atoms with E-state index in [1.165, 1.54) is 11.8 Å². The second-order valence-corrected chi connectivity index (χ2v) is 6.12. The van der Waals surface area contributed by atoms with Gasteiger partial charge < -0.3 is 21.5 Å². The van der Waals surface area contributed by atoms with E-state index in [0.717, 1.165) is 0 Å². The molecule has 0 rings (SSSR count). The number of nitrogens with one attached hydrogen (secondary N) is 2. The number of hydrogen-bond acceptors (Lipinski definition) is 5. The van der Waals surface area contributed by atoms with Crippen LogP contribution in [0.15, 0.2) is 0 Å². The summed E-state index contributed by atoms with van der Waals surface area (Å²) in [4.78, 5) is 34.7. The van der Waals surface area contributed by atoms with Crippen LogP contribution in [0.2, 0.25) is 0 Å². The van der Waals surface area contributed by atoms with Crippen LogP contribution in [-0.2, 0) is 14.4 Å². The average Bonchev–Trinajstić information content (AvgIpc) is 2.41. The second-order valence-electron chi connectivity index (χ2n) is 5.13. The number of carbonyl (C=O) groups is 3. The quantitative estimate of drug-likeness (QED) is 0.442. The number of rotatable bonds is 10. The SMILES string of the molecule is CSCCC(NC(=O)C(CC(C)C)NC(=O)CN)C(=O)O. The molecule has 0 aliphatic heterocycles. The van der Waals surface area contributed by atoms with Crippen molar-refractivity contribution in [2.24, 2.45) is 11.7 Å². The van der Waals surface area contributed by atoms with Crippen molar-refractivity contribution in [3.8, 4) is 0 Å². The van der Waals surface area contributed by atoms with Crippen molar-refractivity contribution >= 4 is 29.5 Å². The predicted octanol–water partition coefficient (Wildman–Crippen LogP) is -0.201. The van der Waals surface area contributed by atoms with Crippen molar-refractivity contribution in [1.82, 2.24) is 10.6 Å². The summed E-state index contributed by atoms with van der Waals surface area (Å²) in [6, 6.07) is -1.72. The van der Waals surface area contributed by atoms with Crippen LogP contribution >= 0.6 is 11.8 Å². The second kappa shape index (κ2) is 10.4. The Balaban J connectivity index is 4.75. The third-order valence-electron chi connectivity index (χ3n) is 2.77. The number of carboxylic acid groups (broad SMARTS) is 1. The van der Waals surface area contributed by atoms with Crippen LogP contribution in [0, 0.1) is 5.92 Å². The van der Waals surface area contributed by atoms with Gasteiger partial charge in [-0.1, -0.05) is 13.8 Å². The highest BCUT2D eigenvalue weighted by Crippen LogP contribution is 2.07. The molecule has 0 saturated carbocycles. The summed E-state index contributed by atoms with van der Waals surface area (Å²) in [6.45, 7) is 3.62. The maximum atomic E-state index is 12.2. The molecule has 0 aliphatic rings. The van der Waals surface area contributed by atoms with Crippen molar-refractivity contribution in [2.75, 3.05) is 18.6 Å². The van der Waals surface area contributed by atoms with Gasteiger partial charge >= 0.3 is 5.97 Å². The summed E-state index contributed by atoms with van der Waals surface area (Å²) in [6.07, 6.45) is 2.62. The summed E-state index contributed by atoms with van der Waals surface area (Å²) in [7, 11) is 0. The van der Waals surface area contributed by atoms with E-state index in [1.807, 2.05) is 20.1 Å². The molecular weight excluding hydrogens is 294 g/mol. The lowest BCUT2D eigenvalue weighted by Crippen LogP contribution is -2.53. The van der Waals surface area contributed by atoms with Gasteiger partial charge in [0.25, 0.3) is 0 Å². The molecular formula is C13H25N3O4S. The van der Waals surface area contributed by atoms with Gasteiger partial charge in [0.1, 0.15) is 12.1 Å². The summed E-state index contributed by atoms with van der Waals surface area (Å²) in [5.41, 5.74) is 5.23. The van der Waals surface area contributed by atoms with E-state index < -0.39 is 29.9 Å². The highest BCUT2D eigenvalue weighted by molar-refractivity contribution is 7.98. The van der Waals surface area contributed by atoms with Crippen LogP contribution in [-0.4, -0.2) is 53.5 Å². The topological polar surface area (TPSA) is 122 Å². The van der Waals surface area contributed by atoms with Gasteiger partial charge in [-0.15, -0.1) is 0 Å². The molecule has 0 aromatic rings. The molecule has 7 nitrogen and oxygen atoms in total. The van der Waals surface area contributed by atoms with Gasteiger partial charge in [0.2, 0.25) is 11.8 Å². The van der Waals surface area contributed by atoms with Crippen LogP contribution in [0.5, 0.6) is 0 Å². The van der Waals surface area contributed by atoms with Crippen molar-refractivity contribution in [3.05, 3.63) is 0 Å². The van der Waals surface area contributed by atoms with Crippen LogP contribution in [0.25, 0.3) is 0 Å². The zero-order valence-corrected chi connectivity index (χ0v) is 13.5. The summed E-state index contributed by atoms with van der Waals surface area (Å²) >= 11 is 1.51. The highest BCUT2D eigenvalue weighted by atomic mass is 32.2. The zero-order chi connectivity index (χ0) is 16.4. The van der Waals surface area contributed by atoms with Gasteiger partial charge in [-0.05, 0) is 30.8 Å². The molecule has 21 heavy (non-hydrogen) atoms. The van der Waals surface area contributed by atoms with Crippen LogP contribution in [0.1, 0.15) is 26.7 Å². The predicted molar refractivity (Wildman–Crippen MR) is 83.0 cm³/mol. The van der Waals surface area contributed by atoms with Crippen molar-refractivity contribution in [2.45, 2.75) is 38.8 Å². The zero-order valence-electron chi connectivity index (χ0n) is 12.7. The molecule has 8 heteroatoms. The van der Waals surface area contributed by atoms with Crippen molar-refractivity contribution < 1.29 is 19.5 Å². The summed E-state index contributed by atoms with van der Waals surface area (Å²) < 4.78 is 0. The number of carboxylic acids is 1. The normalized spacial score (nSPS) is 13.6. The molecule has 0 bridgehead atoms. The molecule has 0 fully saturated rings. The van der Waals surface area contributed by atoms with Crippen LogP contribution < -0.4 is 16.4 Å². The molecule has 0 aromatic carbocycles. The van der Waals surface area contributed by atoms with Gasteiger partial charge in [-0.25, -0.2) is 4.79 Å². The fourth-order valence-electron chi connectivity index (χ4n) is 1.72. The first-order chi connectivity index (χ1) is 9.81. The molecule has 0 aromatic heterocycles. The fourth-order valence-corrected chi connectivity index (χ4v) is 2.19. The maximum absolute atomic E-state index is 12.2. The lowest BCUT2D eigenvalue weighted by molar-refractivity contribution is -0.142. The molecule has 0 aliphatic carbocycles. The largest absolute Gasteiger partial charge is 0.480 e. The van der Waals surface area contributed by atoms with Gasteiger partial charge in [-0.3, -0.25) is 9.59 Å². The van der Waals surface area contributed by atoms with Gasteiger partial charge in [-0.2, -0.15) is 11.8 Å². The Morgan fingerprint density at radius 3 is 2.24 bits per heavy atom. The minimum absolute atomic E-state index is 0.174. The Labute approximate surface area is 129 Å². The number of carbonyl (C=O) groups excluding carboxylic acids is 2. The molecule has 2 unspecified atom stereocenters. The highest BCUT2D eigenvalue weighted by Gasteiger charge is 2.26. The number of amides is 2. The Hall–Kier alpha value is -1.28. The van der Waals surface area contributed by atoms with E-state index in [1.54, 1.807) is 0 Å². The Morgan fingerprint density at radius 2 is 1.81 bits per heavy atom. The molecule has 2 atom stereocenters. The van der Waals surface area contributed by atoms with E-state index >= 15 is 0 Å². The summed E-state index contributed by atoms with van der Waals surface area (Å²) in [5.74, 6) is -1.20. The van der Waals surface area contributed by atoms with Crippen molar-refractivity contribution in [1.29, 1.82) is 0 Å². The fraction of sp³-hybridized carbons (Fsp3) is 0.769. The lowest BCUT2D eigenvalue weighted by Gasteiger charge is -2.22. The number of nitrogens with two attached hydrogens (primary N) is 1. The molecule has 5 N–H and O–H groups in total. The maximum Gasteiger partial charge on any atom is 0.326 e. The minimum atomic E-state index is -1.08. The molecule has 2 amide bonds. The smallest absolute Gasteiger partial charge is 0.326 e. The first-order valence-electron chi connectivity index (χ1n) is 6.83. The van der Waals surface area contributed by atoms with E-state index in [4.69, 9.17) is 10.8 Å². The third kappa shape index (κ3) is 8.56. The number of aliphatic carboxylic acids is 1. The first kappa shape index (κ1) is 19.7. The molecule has 0 heterocycles. The van der Waals surface area contributed by atoms with E-state index in [2.05, 4.69) is 10.6 Å². The minimum Gasteiger partial charge on any atom is -0.480 e. The van der Waals surface area contributed by atoms with Crippen molar-refractivity contribution in [3.63, 3.8) is 0 Å². The molecule has 0 spiro atoms. The van der Waals surface area contributed by atoms with Gasteiger partial charge in [0.15, 0.2) is 0 Å². The van der Waals surface area contributed by atoms with Crippen LogP contribution in [0.3, 0.4) is 0 Å². The molecule has 0 saturated heterocycles. The van der Waals surface area contributed by atoms with Crippen LogP contribution in [0.4, 0.5) is 0 Å². The Morgan fingerprint density at radius 1 is 1.19 bits per heavy atom. The van der Waals surface area contributed by atoms with E-state index in [-0.39, 0.29) is 12.5 Å². The summed E-state index contributed by atoms with van der Waals surface area (Å²) in [5, 5.41) is 14.1. The van der Waals surface area contributed by atoms with Gasteiger partial charge in [0, 0.05) is 0 Å². The first-order valence-corrected chi connectivity index (χ1v) is 8.22. The van der Waals surface area contributed by atoms with E-state index in [9.17, 15) is 14.4 Å². The third-order valence-corrected chi connectivity index (χ3v) is 3.41. The van der Waals surface area contributed by atoms with Gasteiger partial charge in [0.05, 0.1) is 6.54 Å². The standard InChI is InChI=1S/C13H25N3O4S/c1-8(2)6-10(15-11(17)7-14)12(18)16-9(13(19)20)4-5-21-3/h8-10H,4-7,14H2,1-3H3,(H,15,17)(H,16,18)(H,19,20).